The lowest BCUT2D eigenvalue weighted by atomic mass is 10.1. The Hall–Kier alpha value is 0.240. The number of hydrogen-bond donors (Lipinski definition) is 1. The van der Waals surface area contributed by atoms with Crippen molar-refractivity contribution in [2.75, 3.05) is 19.6 Å². The molecule has 0 aromatic heterocycles. The van der Waals surface area contributed by atoms with Crippen molar-refractivity contribution in [3.05, 3.63) is 10.6 Å². The van der Waals surface area contributed by atoms with Gasteiger partial charge in [0.1, 0.15) is 0 Å². The molecule has 2 heterocycles. The molecule has 80 valence electrons. The topological polar surface area (TPSA) is 15.3 Å². The molecular formula is C10H16Cl2N2. The average molecular weight is 235 g/mol. The summed E-state index contributed by atoms with van der Waals surface area (Å²) in [6.07, 6.45) is 3.85. The Labute approximate surface area is 95.2 Å². The molecule has 2 aliphatic heterocycles. The van der Waals surface area contributed by atoms with Gasteiger partial charge in [-0.2, -0.15) is 0 Å². The molecular weight excluding hydrogens is 219 g/mol. The number of rotatable bonds is 2. The van der Waals surface area contributed by atoms with Gasteiger partial charge in [-0.25, -0.2) is 0 Å². The minimum atomic E-state index is 0.660. The van der Waals surface area contributed by atoms with E-state index in [9.17, 15) is 0 Å². The standard InChI is InChI=1S/C10H16Cl2N2/c11-5-8(12)7-14-9-1-2-10(14)6-13-4-3-9/h5,9-10,13H,1-4,6-7H2/b8-5+. The highest BCUT2D eigenvalue weighted by atomic mass is 35.5. The maximum Gasteiger partial charge on any atom is 0.0434 e. The molecule has 2 saturated heterocycles. The molecule has 2 atom stereocenters. The molecule has 0 aromatic carbocycles. The van der Waals surface area contributed by atoms with Crippen LogP contribution in [0, 0.1) is 0 Å². The second-order valence-corrected chi connectivity index (χ2v) is 4.81. The van der Waals surface area contributed by atoms with E-state index in [1.807, 2.05) is 0 Å². The minimum Gasteiger partial charge on any atom is -0.315 e. The van der Waals surface area contributed by atoms with Crippen molar-refractivity contribution >= 4 is 23.2 Å². The Balaban J connectivity index is 2.02. The van der Waals surface area contributed by atoms with Crippen molar-refractivity contribution < 1.29 is 0 Å². The van der Waals surface area contributed by atoms with Crippen molar-refractivity contribution in [2.24, 2.45) is 0 Å². The molecule has 2 fully saturated rings. The van der Waals surface area contributed by atoms with E-state index in [-0.39, 0.29) is 0 Å². The number of fused-ring (bicyclic) bond motifs is 2. The lowest BCUT2D eigenvalue weighted by molar-refractivity contribution is 0.224. The summed E-state index contributed by atoms with van der Waals surface area (Å²) in [5, 5.41) is 4.22. The van der Waals surface area contributed by atoms with Gasteiger partial charge in [0.05, 0.1) is 0 Å². The van der Waals surface area contributed by atoms with Crippen molar-refractivity contribution in [3.63, 3.8) is 0 Å². The Morgan fingerprint density at radius 2 is 2.14 bits per heavy atom. The molecule has 2 aliphatic rings. The summed E-state index contributed by atoms with van der Waals surface area (Å²) < 4.78 is 0. The third kappa shape index (κ3) is 2.25. The van der Waals surface area contributed by atoms with Crippen LogP contribution in [0.3, 0.4) is 0 Å². The monoisotopic (exact) mass is 234 g/mol. The smallest absolute Gasteiger partial charge is 0.0434 e. The first-order valence-electron chi connectivity index (χ1n) is 5.22. The van der Waals surface area contributed by atoms with Crippen LogP contribution in [0.5, 0.6) is 0 Å². The molecule has 0 radical (unpaired) electrons. The normalized spacial score (nSPS) is 34.6. The molecule has 0 amide bonds. The van der Waals surface area contributed by atoms with Crippen molar-refractivity contribution in [2.45, 2.75) is 31.3 Å². The molecule has 14 heavy (non-hydrogen) atoms. The highest BCUT2D eigenvalue weighted by molar-refractivity contribution is 6.36. The van der Waals surface area contributed by atoms with Gasteiger partial charge in [0.2, 0.25) is 0 Å². The Morgan fingerprint density at radius 3 is 2.93 bits per heavy atom. The van der Waals surface area contributed by atoms with E-state index < -0.39 is 0 Å². The van der Waals surface area contributed by atoms with Gasteiger partial charge in [-0.1, -0.05) is 23.2 Å². The molecule has 0 spiro atoms. The maximum absolute atomic E-state index is 5.98. The van der Waals surface area contributed by atoms with Gasteiger partial charge < -0.3 is 5.32 Å². The van der Waals surface area contributed by atoms with Crippen LogP contribution < -0.4 is 5.32 Å². The highest BCUT2D eigenvalue weighted by Crippen LogP contribution is 2.29. The summed E-state index contributed by atoms with van der Waals surface area (Å²) in [5.41, 5.74) is 1.49. The number of nitrogens with zero attached hydrogens (tertiary/aromatic N) is 1. The zero-order valence-electron chi connectivity index (χ0n) is 8.18. The summed E-state index contributed by atoms with van der Waals surface area (Å²) >= 11 is 11.6. The maximum atomic E-state index is 5.98. The highest BCUT2D eigenvalue weighted by Gasteiger charge is 2.34. The lowest BCUT2D eigenvalue weighted by Crippen LogP contribution is -2.38. The van der Waals surface area contributed by atoms with Crippen LogP contribution in [-0.4, -0.2) is 36.6 Å². The van der Waals surface area contributed by atoms with Crippen LogP contribution in [0.1, 0.15) is 19.3 Å². The van der Waals surface area contributed by atoms with Gasteiger partial charge in [0.25, 0.3) is 0 Å². The van der Waals surface area contributed by atoms with E-state index in [0.717, 1.165) is 24.7 Å². The van der Waals surface area contributed by atoms with Crippen LogP contribution in [0.2, 0.25) is 0 Å². The zero-order chi connectivity index (χ0) is 9.97. The van der Waals surface area contributed by atoms with Gasteiger partial charge in [0.15, 0.2) is 0 Å². The first-order chi connectivity index (χ1) is 6.81. The summed E-state index contributed by atoms with van der Waals surface area (Å²) in [6, 6.07) is 1.37. The van der Waals surface area contributed by atoms with Gasteiger partial charge in [-0.05, 0) is 25.8 Å². The van der Waals surface area contributed by atoms with Crippen LogP contribution in [-0.2, 0) is 0 Å². The summed E-state index contributed by atoms with van der Waals surface area (Å²) in [5.74, 6) is 0. The molecule has 0 saturated carbocycles. The molecule has 2 nitrogen and oxygen atoms in total. The molecule has 4 heteroatoms. The predicted octanol–water partition coefficient (Wildman–Crippen LogP) is 2.13. The van der Waals surface area contributed by atoms with Gasteiger partial charge in [-0.15, -0.1) is 0 Å². The van der Waals surface area contributed by atoms with Crippen molar-refractivity contribution in [1.82, 2.24) is 10.2 Å². The largest absolute Gasteiger partial charge is 0.315 e. The molecule has 1 N–H and O–H groups in total. The van der Waals surface area contributed by atoms with E-state index >= 15 is 0 Å². The van der Waals surface area contributed by atoms with Crippen LogP contribution in [0.25, 0.3) is 0 Å². The van der Waals surface area contributed by atoms with Gasteiger partial charge in [0, 0.05) is 35.7 Å². The fraction of sp³-hybridized carbons (Fsp3) is 0.800. The lowest BCUT2D eigenvalue weighted by Gasteiger charge is -2.26. The van der Waals surface area contributed by atoms with E-state index in [1.54, 1.807) is 0 Å². The molecule has 2 bridgehead atoms. The van der Waals surface area contributed by atoms with Gasteiger partial charge in [-0.3, -0.25) is 4.90 Å². The summed E-state index contributed by atoms with van der Waals surface area (Å²) in [4.78, 5) is 2.50. The molecule has 0 aromatic rings. The second kappa shape index (κ2) is 4.84. The molecule has 2 unspecified atom stereocenters. The summed E-state index contributed by atoms with van der Waals surface area (Å²) in [7, 11) is 0. The molecule has 2 rings (SSSR count). The number of nitrogens with one attached hydrogen (secondary N) is 1. The van der Waals surface area contributed by atoms with Crippen LogP contribution in [0.15, 0.2) is 10.6 Å². The van der Waals surface area contributed by atoms with Gasteiger partial charge >= 0.3 is 0 Å². The molecule has 0 aliphatic carbocycles. The predicted molar refractivity (Wildman–Crippen MR) is 60.8 cm³/mol. The van der Waals surface area contributed by atoms with E-state index in [0.29, 0.717) is 12.1 Å². The Bertz CT molecular complexity index is 216. The van der Waals surface area contributed by atoms with Crippen LogP contribution in [0.4, 0.5) is 0 Å². The Morgan fingerprint density at radius 1 is 1.36 bits per heavy atom. The van der Waals surface area contributed by atoms with Crippen molar-refractivity contribution in [1.29, 1.82) is 0 Å². The van der Waals surface area contributed by atoms with Crippen LogP contribution >= 0.6 is 23.2 Å². The summed E-state index contributed by atoms with van der Waals surface area (Å²) in [6.45, 7) is 3.06. The van der Waals surface area contributed by atoms with E-state index in [1.165, 1.54) is 24.8 Å². The van der Waals surface area contributed by atoms with E-state index in [4.69, 9.17) is 23.2 Å². The Kier molecular flexibility index (Phi) is 3.72. The fourth-order valence-electron chi connectivity index (χ4n) is 2.55. The first-order valence-corrected chi connectivity index (χ1v) is 6.04. The van der Waals surface area contributed by atoms with Crippen molar-refractivity contribution in [3.8, 4) is 0 Å². The quantitative estimate of drug-likeness (QED) is 0.788. The zero-order valence-corrected chi connectivity index (χ0v) is 9.69. The minimum absolute atomic E-state index is 0.660. The third-order valence-corrected chi connectivity index (χ3v) is 3.86. The number of halogens is 2. The SMILES string of the molecule is Cl/C=C(/Cl)CN1C2CCNCC1CC2. The fourth-order valence-corrected chi connectivity index (χ4v) is 2.76. The number of hydrogen-bond acceptors (Lipinski definition) is 2. The average Bonchev–Trinajstić information content (AvgIpc) is 2.40. The van der Waals surface area contributed by atoms with E-state index in [2.05, 4.69) is 10.2 Å². The first kappa shape index (κ1) is 10.7. The second-order valence-electron chi connectivity index (χ2n) is 4.11. The third-order valence-electron chi connectivity index (χ3n) is 3.26.